The topological polar surface area (TPSA) is 35.5 Å². The Kier molecular flexibility index (Phi) is 2.23. The lowest BCUT2D eigenvalue weighted by Crippen LogP contribution is -2.19. The van der Waals surface area contributed by atoms with E-state index < -0.39 is 11.8 Å². The Morgan fingerprint density at radius 2 is 1.80 bits per heavy atom. The first-order chi connectivity index (χ1) is 7.07. The van der Waals surface area contributed by atoms with Crippen LogP contribution in [0.5, 0.6) is 0 Å². The van der Waals surface area contributed by atoms with Gasteiger partial charge in [-0.15, -0.1) is 0 Å². The Bertz CT molecular complexity index is 404. The zero-order valence-corrected chi connectivity index (χ0v) is 8.69. The average molecular weight is 204 g/mol. The van der Waals surface area contributed by atoms with Gasteiger partial charge in [0.15, 0.2) is 0 Å². The Labute approximate surface area is 88.3 Å². The molecular weight excluding hydrogens is 192 g/mol. The first-order valence-corrected chi connectivity index (χ1v) is 4.76. The van der Waals surface area contributed by atoms with E-state index in [0.29, 0.717) is 0 Å². The number of carbonyl (C=O) groups excluding carboxylic acids is 1. The molecule has 0 N–H and O–H groups in total. The van der Waals surface area contributed by atoms with E-state index in [-0.39, 0.29) is 5.76 Å². The third kappa shape index (κ3) is 2.18. The molecule has 3 heteroatoms. The number of benzene rings is 1. The summed E-state index contributed by atoms with van der Waals surface area (Å²) in [4.78, 5) is 11.4. The molecule has 0 aliphatic carbocycles. The van der Waals surface area contributed by atoms with Crippen molar-refractivity contribution in [3.05, 3.63) is 41.7 Å². The van der Waals surface area contributed by atoms with Crippen molar-refractivity contribution < 1.29 is 14.3 Å². The summed E-state index contributed by atoms with van der Waals surface area (Å²) >= 11 is 0. The highest BCUT2D eigenvalue weighted by molar-refractivity contribution is 5.93. The first kappa shape index (κ1) is 9.77. The molecule has 1 aliphatic heterocycles. The first-order valence-electron chi connectivity index (χ1n) is 4.76. The van der Waals surface area contributed by atoms with Gasteiger partial charge in [0.1, 0.15) is 0 Å². The minimum Gasteiger partial charge on any atom is -0.445 e. The Balaban J connectivity index is 2.26. The highest BCUT2D eigenvalue weighted by atomic mass is 16.8. The summed E-state index contributed by atoms with van der Waals surface area (Å²) < 4.78 is 10.4. The van der Waals surface area contributed by atoms with Gasteiger partial charge in [0.05, 0.1) is 0 Å². The Morgan fingerprint density at radius 3 is 2.33 bits per heavy atom. The van der Waals surface area contributed by atoms with Crippen LogP contribution in [0.2, 0.25) is 0 Å². The minimum atomic E-state index is -0.850. The number of hydrogen-bond donors (Lipinski definition) is 0. The van der Waals surface area contributed by atoms with Crippen LogP contribution in [0.25, 0.3) is 6.08 Å². The van der Waals surface area contributed by atoms with Crippen molar-refractivity contribution >= 4 is 12.0 Å². The predicted octanol–water partition coefficient (Wildman–Crippen LogP) is 2.34. The Hall–Kier alpha value is -1.77. The summed E-state index contributed by atoms with van der Waals surface area (Å²) in [6.45, 7) is 3.41. The lowest BCUT2D eigenvalue weighted by molar-refractivity contribution is -0.159. The van der Waals surface area contributed by atoms with Crippen molar-refractivity contribution in [3.8, 4) is 0 Å². The van der Waals surface area contributed by atoms with Crippen LogP contribution >= 0.6 is 0 Å². The Morgan fingerprint density at radius 1 is 1.13 bits per heavy atom. The summed E-state index contributed by atoms with van der Waals surface area (Å²) in [6, 6.07) is 9.51. The summed E-state index contributed by atoms with van der Waals surface area (Å²) in [7, 11) is 0. The predicted molar refractivity (Wildman–Crippen MR) is 55.7 cm³/mol. The molecule has 1 saturated heterocycles. The molecule has 0 saturated carbocycles. The van der Waals surface area contributed by atoms with E-state index in [9.17, 15) is 4.79 Å². The van der Waals surface area contributed by atoms with Crippen LogP contribution in [0, 0.1) is 0 Å². The van der Waals surface area contributed by atoms with E-state index in [1.807, 2.05) is 30.3 Å². The van der Waals surface area contributed by atoms with E-state index in [1.165, 1.54) is 0 Å². The molecule has 0 spiro atoms. The SMILES string of the molecule is CC1(C)OC(=O)/C(=C\c2ccccc2)O1. The minimum absolute atomic E-state index is 0.256. The second kappa shape index (κ2) is 3.42. The van der Waals surface area contributed by atoms with Crippen molar-refractivity contribution in [1.29, 1.82) is 0 Å². The molecular formula is C12H12O3. The average Bonchev–Trinajstić information content (AvgIpc) is 2.41. The van der Waals surface area contributed by atoms with Crippen LogP contribution in [0.15, 0.2) is 36.1 Å². The van der Waals surface area contributed by atoms with Gasteiger partial charge in [-0.2, -0.15) is 0 Å². The van der Waals surface area contributed by atoms with Crippen LogP contribution in [0.3, 0.4) is 0 Å². The monoisotopic (exact) mass is 204 g/mol. The van der Waals surface area contributed by atoms with Crippen molar-refractivity contribution in [2.24, 2.45) is 0 Å². The van der Waals surface area contributed by atoms with Crippen LogP contribution in [0.4, 0.5) is 0 Å². The zero-order valence-electron chi connectivity index (χ0n) is 8.69. The molecule has 1 aromatic carbocycles. The molecule has 0 bridgehead atoms. The van der Waals surface area contributed by atoms with Gasteiger partial charge in [0.2, 0.25) is 11.5 Å². The second-order valence-corrected chi connectivity index (χ2v) is 3.81. The van der Waals surface area contributed by atoms with Gasteiger partial charge in [-0.05, 0) is 11.6 Å². The smallest absolute Gasteiger partial charge is 0.377 e. The normalized spacial score (nSPS) is 21.2. The van der Waals surface area contributed by atoms with Crippen molar-refractivity contribution in [1.82, 2.24) is 0 Å². The van der Waals surface area contributed by atoms with Gasteiger partial charge in [-0.25, -0.2) is 4.79 Å². The summed E-state index contributed by atoms with van der Waals surface area (Å²) in [5.74, 6) is -1.01. The molecule has 2 rings (SSSR count). The van der Waals surface area contributed by atoms with E-state index in [1.54, 1.807) is 19.9 Å². The molecule has 1 aliphatic rings. The largest absolute Gasteiger partial charge is 0.445 e. The fourth-order valence-corrected chi connectivity index (χ4v) is 1.39. The van der Waals surface area contributed by atoms with Crippen molar-refractivity contribution in [2.45, 2.75) is 19.6 Å². The molecule has 0 aromatic heterocycles. The third-order valence-electron chi connectivity index (χ3n) is 1.99. The standard InChI is InChI=1S/C12H12O3/c1-12(2)14-10(11(13)15-12)8-9-6-4-3-5-7-9/h3-8H,1-2H3/b10-8+. The molecule has 0 atom stereocenters. The molecule has 0 amide bonds. The lowest BCUT2D eigenvalue weighted by Gasteiger charge is -2.13. The van der Waals surface area contributed by atoms with Gasteiger partial charge in [0.25, 0.3) is 0 Å². The quantitative estimate of drug-likeness (QED) is 0.520. The number of ether oxygens (including phenoxy) is 2. The van der Waals surface area contributed by atoms with Gasteiger partial charge < -0.3 is 9.47 Å². The van der Waals surface area contributed by atoms with Crippen molar-refractivity contribution in [3.63, 3.8) is 0 Å². The lowest BCUT2D eigenvalue weighted by atomic mass is 10.2. The molecule has 78 valence electrons. The van der Waals surface area contributed by atoms with Crippen LogP contribution in [-0.2, 0) is 14.3 Å². The molecule has 1 heterocycles. The van der Waals surface area contributed by atoms with E-state index in [2.05, 4.69) is 0 Å². The fourth-order valence-electron chi connectivity index (χ4n) is 1.39. The van der Waals surface area contributed by atoms with E-state index >= 15 is 0 Å². The molecule has 3 nitrogen and oxygen atoms in total. The molecule has 1 aromatic rings. The number of rotatable bonds is 1. The number of esters is 1. The molecule has 1 fully saturated rings. The highest BCUT2D eigenvalue weighted by Crippen LogP contribution is 2.27. The molecule has 0 radical (unpaired) electrons. The number of cyclic esters (lactones) is 1. The van der Waals surface area contributed by atoms with Crippen LogP contribution in [0.1, 0.15) is 19.4 Å². The van der Waals surface area contributed by atoms with E-state index in [0.717, 1.165) is 5.56 Å². The maximum absolute atomic E-state index is 11.4. The molecule has 0 unspecified atom stereocenters. The number of carbonyl (C=O) groups is 1. The van der Waals surface area contributed by atoms with Crippen molar-refractivity contribution in [2.75, 3.05) is 0 Å². The zero-order chi connectivity index (χ0) is 10.9. The van der Waals surface area contributed by atoms with Crippen LogP contribution < -0.4 is 0 Å². The van der Waals surface area contributed by atoms with Gasteiger partial charge in [0, 0.05) is 13.8 Å². The third-order valence-corrected chi connectivity index (χ3v) is 1.99. The summed E-state index contributed by atoms with van der Waals surface area (Å²) in [6.07, 6.45) is 1.68. The summed E-state index contributed by atoms with van der Waals surface area (Å²) in [5.41, 5.74) is 0.919. The fraction of sp³-hybridized carbons (Fsp3) is 0.250. The maximum atomic E-state index is 11.4. The number of hydrogen-bond acceptors (Lipinski definition) is 3. The van der Waals surface area contributed by atoms with Crippen LogP contribution in [-0.4, -0.2) is 11.8 Å². The molecule has 15 heavy (non-hydrogen) atoms. The van der Waals surface area contributed by atoms with E-state index in [4.69, 9.17) is 9.47 Å². The van der Waals surface area contributed by atoms with Gasteiger partial charge >= 0.3 is 5.97 Å². The van der Waals surface area contributed by atoms with Gasteiger partial charge in [-0.3, -0.25) is 0 Å². The summed E-state index contributed by atoms with van der Waals surface area (Å²) in [5, 5.41) is 0. The highest BCUT2D eigenvalue weighted by Gasteiger charge is 2.37. The van der Waals surface area contributed by atoms with Gasteiger partial charge in [-0.1, -0.05) is 30.3 Å². The second-order valence-electron chi connectivity index (χ2n) is 3.81. The maximum Gasteiger partial charge on any atom is 0.377 e.